The van der Waals surface area contributed by atoms with Gasteiger partial charge in [-0.15, -0.1) is 0 Å². The van der Waals surface area contributed by atoms with Crippen LogP contribution in [0.1, 0.15) is 21.5 Å². The molecule has 2 aromatic rings. The van der Waals surface area contributed by atoms with Crippen molar-refractivity contribution in [3.8, 4) is 0 Å². The minimum Gasteiger partial charge on any atom is -0.383 e. The molecule has 0 radical (unpaired) electrons. The summed E-state index contributed by atoms with van der Waals surface area (Å²) in [5.41, 5.74) is 3.50. The van der Waals surface area contributed by atoms with Crippen LogP contribution < -0.4 is 10.6 Å². The maximum atomic E-state index is 13.1. The van der Waals surface area contributed by atoms with Gasteiger partial charge in [0.15, 0.2) is 0 Å². The van der Waals surface area contributed by atoms with Crippen LogP contribution in [-0.4, -0.2) is 18.5 Å². The lowest BCUT2D eigenvalue weighted by atomic mass is 9.99. The van der Waals surface area contributed by atoms with Crippen LogP contribution in [-0.2, 0) is 6.42 Å². The number of anilines is 1. The zero-order valence-electron chi connectivity index (χ0n) is 11.8. The summed E-state index contributed by atoms with van der Waals surface area (Å²) in [5.74, 6) is -0.476. The van der Waals surface area contributed by atoms with Gasteiger partial charge in [-0.05, 0) is 48.7 Å². The number of fused-ring (bicyclic) bond motifs is 1. The summed E-state index contributed by atoms with van der Waals surface area (Å²) in [6.07, 6.45) is 0.801. The Morgan fingerprint density at radius 1 is 1.29 bits per heavy atom. The average Bonchev–Trinajstić information content (AvgIpc) is 2.47. The lowest BCUT2D eigenvalue weighted by Gasteiger charge is -2.27. The molecule has 2 N–H and O–H groups in total. The van der Waals surface area contributed by atoms with E-state index in [2.05, 4.69) is 16.7 Å². The predicted molar refractivity (Wildman–Crippen MR) is 81.0 cm³/mol. The molecule has 1 aliphatic rings. The van der Waals surface area contributed by atoms with Gasteiger partial charge in [0.25, 0.3) is 5.91 Å². The van der Waals surface area contributed by atoms with Crippen molar-refractivity contribution in [3.05, 3.63) is 65.0 Å². The molecule has 1 amide bonds. The first-order chi connectivity index (χ1) is 10.1. The second-order valence-electron chi connectivity index (χ2n) is 5.37. The molecule has 0 saturated carbocycles. The van der Waals surface area contributed by atoms with Crippen LogP contribution in [0.25, 0.3) is 0 Å². The molecule has 1 atom stereocenters. The third-order valence-electron chi connectivity index (χ3n) is 3.79. The van der Waals surface area contributed by atoms with Crippen LogP contribution in [0.15, 0.2) is 42.5 Å². The number of benzene rings is 2. The summed E-state index contributed by atoms with van der Waals surface area (Å²) in [6, 6.07) is 12.4. The number of para-hydroxylation sites is 1. The van der Waals surface area contributed by atoms with Crippen LogP contribution in [0.4, 0.5) is 10.1 Å². The number of halogens is 1. The molecular formula is C17H17FN2O. The second-order valence-corrected chi connectivity index (χ2v) is 5.37. The van der Waals surface area contributed by atoms with Crippen molar-refractivity contribution >= 4 is 11.6 Å². The zero-order valence-corrected chi connectivity index (χ0v) is 11.8. The maximum absolute atomic E-state index is 13.1. The molecule has 1 unspecified atom stereocenters. The number of carbonyl (C=O) groups is 1. The second kappa shape index (κ2) is 5.56. The van der Waals surface area contributed by atoms with E-state index in [0.717, 1.165) is 12.1 Å². The molecule has 0 spiro atoms. The quantitative estimate of drug-likeness (QED) is 0.890. The largest absolute Gasteiger partial charge is 0.383 e. The summed E-state index contributed by atoms with van der Waals surface area (Å²) in [7, 11) is 0. The highest BCUT2D eigenvalue weighted by atomic mass is 19.1. The Labute approximate surface area is 123 Å². The van der Waals surface area contributed by atoms with Crippen molar-refractivity contribution in [2.24, 2.45) is 0 Å². The van der Waals surface area contributed by atoms with Gasteiger partial charge in [-0.2, -0.15) is 0 Å². The minimum atomic E-state index is -0.322. The Balaban J connectivity index is 1.71. The van der Waals surface area contributed by atoms with Gasteiger partial charge in [0, 0.05) is 17.8 Å². The molecule has 0 aliphatic carbocycles. The number of nitrogens with one attached hydrogen (secondary N) is 2. The summed E-state index contributed by atoms with van der Waals surface area (Å²) in [5, 5.41) is 6.33. The normalized spacial score (nSPS) is 16.8. The summed E-state index contributed by atoms with van der Waals surface area (Å²) in [4.78, 5) is 12.3. The lowest BCUT2D eigenvalue weighted by Crippen LogP contribution is -2.43. The van der Waals surface area contributed by atoms with Crippen LogP contribution in [0.3, 0.4) is 0 Å². The minimum absolute atomic E-state index is 0.0388. The van der Waals surface area contributed by atoms with E-state index in [1.807, 2.05) is 18.2 Å². The maximum Gasteiger partial charge on any atom is 0.251 e. The Morgan fingerprint density at radius 2 is 2.10 bits per heavy atom. The van der Waals surface area contributed by atoms with Gasteiger partial charge >= 0.3 is 0 Å². The first kappa shape index (κ1) is 13.6. The van der Waals surface area contributed by atoms with E-state index in [1.54, 1.807) is 6.92 Å². The van der Waals surface area contributed by atoms with Gasteiger partial charge in [0.1, 0.15) is 5.82 Å². The molecule has 1 aliphatic heterocycles. The number of amides is 1. The average molecular weight is 284 g/mol. The standard InChI is InChI=1S/C17H17FN2O/c1-11-8-13(18)6-7-15(11)17(21)20-14-9-12-4-2-3-5-16(12)19-10-14/h2-8,14,19H,9-10H2,1H3,(H,20,21). The van der Waals surface area contributed by atoms with Gasteiger partial charge in [0.05, 0.1) is 6.04 Å². The van der Waals surface area contributed by atoms with Gasteiger partial charge < -0.3 is 10.6 Å². The zero-order chi connectivity index (χ0) is 14.8. The smallest absolute Gasteiger partial charge is 0.251 e. The fourth-order valence-electron chi connectivity index (χ4n) is 2.69. The van der Waals surface area contributed by atoms with Crippen LogP contribution in [0.5, 0.6) is 0 Å². The van der Waals surface area contributed by atoms with Crippen molar-refractivity contribution in [3.63, 3.8) is 0 Å². The van der Waals surface area contributed by atoms with Crippen molar-refractivity contribution in [2.75, 3.05) is 11.9 Å². The highest BCUT2D eigenvalue weighted by Gasteiger charge is 2.20. The number of hydrogen-bond donors (Lipinski definition) is 2. The molecule has 21 heavy (non-hydrogen) atoms. The van der Waals surface area contributed by atoms with Crippen molar-refractivity contribution in [1.82, 2.24) is 5.32 Å². The Bertz CT molecular complexity index is 684. The van der Waals surface area contributed by atoms with Crippen molar-refractivity contribution in [2.45, 2.75) is 19.4 Å². The molecule has 3 rings (SSSR count). The highest BCUT2D eigenvalue weighted by molar-refractivity contribution is 5.95. The fourth-order valence-corrected chi connectivity index (χ4v) is 2.69. The molecule has 1 heterocycles. The first-order valence-electron chi connectivity index (χ1n) is 7.02. The summed E-state index contributed by atoms with van der Waals surface area (Å²) >= 11 is 0. The van der Waals surface area contributed by atoms with E-state index >= 15 is 0 Å². The van der Waals surface area contributed by atoms with Gasteiger partial charge in [-0.1, -0.05) is 18.2 Å². The van der Waals surface area contributed by atoms with E-state index in [-0.39, 0.29) is 17.8 Å². The highest BCUT2D eigenvalue weighted by Crippen LogP contribution is 2.21. The van der Waals surface area contributed by atoms with Gasteiger partial charge in [0.2, 0.25) is 0 Å². The molecule has 0 fully saturated rings. The van der Waals surface area contributed by atoms with Crippen LogP contribution >= 0.6 is 0 Å². The molecule has 0 aromatic heterocycles. The number of rotatable bonds is 2. The molecule has 0 saturated heterocycles. The third-order valence-corrected chi connectivity index (χ3v) is 3.79. The topological polar surface area (TPSA) is 41.1 Å². The van der Waals surface area contributed by atoms with E-state index in [0.29, 0.717) is 17.7 Å². The number of carbonyl (C=O) groups excluding carboxylic acids is 1. The number of aryl methyl sites for hydroxylation is 1. The molecule has 2 aromatic carbocycles. The lowest BCUT2D eigenvalue weighted by molar-refractivity contribution is 0.0937. The van der Waals surface area contributed by atoms with E-state index in [1.165, 1.54) is 23.8 Å². The molecule has 3 nitrogen and oxygen atoms in total. The van der Waals surface area contributed by atoms with Gasteiger partial charge in [-0.3, -0.25) is 4.79 Å². The number of hydrogen-bond acceptors (Lipinski definition) is 2. The first-order valence-corrected chi connectivity index (χ1v) is 7.02. The molecule has 108 valence electrons. The monoisotopic (exact) mass is 284 g/mol. The Morgan fingerprint density at radius 3 is 2.90 bits per heavy atom. The van der Waals surface area contributed by atoms with Crippen molar-refractivity contribution < 1.29 is 9.18 Å². The fraction of sp³-hybridized carbons (Fsp3) is 0.235. The third kappa shape index (κ3) is 2.89. The molecular weight excluding hydrogens is 267 g/mol. The van der Waals surface area contributed by atoms with Crippen LogP contribution in [0, 0.1) is 12.7 Å². The summed E-state index contributed by atoms with van der Waals surface area (Å²) < 4.78 is 13.1. The Kier molecular flexibility index (Phi) is 3.60. The molecule has 0 bridgehead atoms. The van der Waals surface area contributed by atoms with Crippen LogP contribution in [0.2, 0.25) is 0 Å². The molecule has 4 heteroatoms. The van der Waals surface area contributed by atoms with Gasteiger partial charge in [-0.25, -0.2) is 4.39 Å². The Hall–Kier alpha value is -2.36. The van der Waals surface area contributed by atoms with E-state index in [9.17, 15) is 9.18 Å². The van der Waals surface area contributed by atoms with E-state index < -0.39 is 0 Å². The van der Waals surface area contributed by atoms with E-state index in [4.69, 9.17) is 0 Å². The SMILES string of the molecule is Cc1cc(F)ccc1C(=O)NC1CNc2ccccc2C1. The predicted octanol–water partition coefficient (Wildman–Crippen LogP) is 2.90. The van der Waals surface area contributed by atoms with Crippen molar-refractivity contribution in [1.29, 1.82) is 0 Å². The summed E-state index contributed by atoms with van der Waals surface area (Å²) in [6.45, 7) is 2.44.